The first-order valence-corrected chi connectivity index (χ1v) is 9.20. The van der Waals surface area contributed by atoms with Crippen LogP contribution in [-0.2, 0) is 19.1 Å². The molecule has 0 spiro atoms. The van der Waals surface area contributed by atoms with Gasteiger partial charge in [-0.2, -0.15) is 0 Å². The van der Waals surface area contributed by atoms with Crippen molar-refractivity contribution in [3.63, 3.8) is 0 Å². The first-order chi connectivity index (χ1) is 10.8. The Bertz CT molecular complexity index is 323. The van der Waals surface area contributed by atoms with Gasteiger partial charge in [-0.1, -0.05) is 45.4 Å². The van der Waals surface area contributed by atoms with Gasteiger partial charge < -0.3 is 9.47 Å². The van der Waals surface area contributed by atoms with Crippen LogP contribution in [0.3, 0.4) is 0 Å². The highest BCUT2D eigenvalue weighted by molar-refractivity contribution is 5.69. The van der Waals surface area contributed by atoms with Crippen molar-refractivity contribution in [2.75, 3.05) is 0 Å². The van der Waals surface area contributed by atoms with E-state index in [1.54, 1.807) is 0 Å². The molecular formula is C19H36O4. The molecule has 0 saturated heterocycles. The lowest BCUT2D eigenvalue weighted by Crippen LogP contribution is -2.14. The minimum Gasteiger partial charge on any atom is -0.463 e. The molecule has 0 rings (SSSR count). The number of carbonyl (C=O) groups excluding carboxylic acids is 2. The normalized spacial score (nSPS) is 12.5. The van der Waals surface area contributed by atoms with Crippen molar-refractivity contribution in [2.24, 2.45) is 5.92 Å². The minimum absolute atomic E-state index is 0.0118. The summed E-state index contributed by atoms with van der Waals surface area (Å²) in [6.07, 6.45) is 8.82. The molecule has 0 aliphatic heterocycles. The summed E-state index contributed by atoms with van der Waals surface area (Å²) in [5, 5.41) is 0. The smallest absolute Gasteiger partial charge is 0.306 e. The molecule has 0 aromatic carbocycles. The third kappa shape index (κ3) is 15.6. The van der Waals surface area contributed by atoms with Crippen LogP contribution in [0.5, 0.6) is 0 Å². The molecule has 4 heteroatoms. The second-order valence-electron chi connectivity index (χ2n) is 7.05. The molecule has 0 aliphatic rings. The van der Waals surface area contributed by atoms with Gasteiger partial charge in [0, 0.05) is 12.8 Å². The van der Waals surface area contributed by atoms with Crippen LogP contribution in [0.15, 0.2) is 0 Å². The molecule has 0 heterocycles. The van der Waals surface area contributed by atoms with E-state index in [-0.39, 0.29) is 24.1 Å². The second-order valence-corrected chi connectivity index (χ2v) is 7.05. The maximum atomic E-state index is 11.5. The summed E-state index contributed by atoms with van der Waals surface area (Å²) in [5.41, 5.74) is 0. The zero-order valence-electron chi connectivity index (χ0n) is 15.7. The van der Waals surface area contributed by atoms with Crippen LogP contribution in [-0.4, -0.2) is 24.1 Å². The van der Waals surface area contributed by atoms with Gasteiger partial charge in [-0.25, -0.2) is 0 Å². The number of carbonyl (C=O) groups is 2. The predicted molar refractivity (Wildman–Crippen MR) is 93.2 cm³/mol. The van der Waals surface area contributed by atoms with Gasteiger partial charge in [-0.15, -0.1) is 0 Å². The highest BCUT2D eigenvalue weighted by Crippen LogP contribution is 2.16. The Morgan fingerprint density at radius 3 is 1.74 bits per heavy atom. The topological polar surface area (TPSA) is 52.6 Å². The molecular weight excluding hydrogens is 292 g/mol. The van der Waals surface area contributed by atoms with E-state index in [1.807, 2.05) is 27.7 Å². The Kier molecular flexibility index (Phi) is 12.8. The van der Waals surface area contributed by atoms with Crippen LogP contribution in [0, 0.1) is 5.92 Å². The molecule has 0 fully saturated rings. The third-order valence-electron chi connectivity index (χ3n) is 3.58. The molecule has 0 aromatic rings. The molecule has 0 aliphatic carbocycles. The highest BCUT2D eigenvalue weighted by Gasteiger charge is 2.11. The highest BCUT2D eigenvalue weighted by atomic mass is 16.5. The van der Waals surface area contributed by atoms with Crippen molar-refractivity contribution < 1.29 is 19.1 Å². The summed E-state index contributed by atoms with van der Waals surface area (Å²) in [7, 11) is 0. The van der Waals surface area contributed by atoms with E-state index in [9.17, 15) is 9.59 Å². The molecule has 0 amide bonds. The van der Waals surface area contributed by atoms with E-state index in [4.69, 9.17) is 9.47 Å². The Morgan fingerprint density at radius 1 is 0.696 bits per heavy atom. The number of esters is 2. The summed E-state index contributed by atoms with van der Waals surface area (Å²) in [4.78, 5) is 22.9. The zero-order valence-corrected chi connectivity index (χ0v) is 15.7. The number of hydrogen-bond donors (Lipinski definition) is 0. The van der Waals surface area contributed by atoms with Gasteiger partial charge >= 0.3 is 11.9 Å². The molecule has 136 valence electrons. The van der Waals surface area contributed by atoms with Crippen LogP contribution in [0.4, 0.5) is 0 Å². The van der Waals surface area contributed by atoms with Crippen LogP contribution in [0.1, 0.15) is 92.4 Å². The number of hydrogen-bond acceptors (Lipinski definition) is 4. The first-order valence-electron chi connectivity index (χ1n) is 9.20. The van der Waals surface area contributed by atoms with Gasteiger partial charge in [0.25, 0.3) is 0 Å². The maximum absolute atomic E-state index is 11.5. The molecule has 0 saturated carbocycles. The molecule has 1 atom stereocenters. The number of rotatable bonds is 13. The molecule has 0 aromatic heterocycles. The fourth-order valence-corrected chi connectivity index (χ4v) is 2.49. The fraction of sp³-hybridized carbons (Fsp3) is 0.895. The first kappa shape index (κ1) is 21.9. The van der Waals surface area contributed by atoms with Crippen molar-refractivity contribution in [3.8, 4) is 0 Å². The van der Waals surface area contributed by atoms with E-state index in [1.165, 1.54) is 19.3 Å². The quantitative estimate of drug-likeness (QED) is 0.351. The van der Waals surface area contributed by atoms with Crippen molar-refractivity contribution in [3.05, 3.63) is 0 Å². The molecule has 0 radical (unpaired) electrons. The maximum Gasteiger partial charge on any atom is 0.306 e. The fourth-order valence-electron chi connectivity index (χ4n) is 2.49. The van der Waals surface area contributed by atoms with Crippen LogP contribution < -0.4 is 0 Å². The summed E-state index contributed by atoms with van der Waals surface area (Å²) in [6.45, 7) is 9.63. The second kappa shape index (κ2) is 13.4. The predicted octanol–water partition coefficient (Wildman–Crippen LogP) is 5.04. The average Bonchev–Trinajstić information content (AvgIpc) is 2.39. The Labute approximate surface area is 142 Å². The summed E-state index contributed by atoms with van der Waals surface area (Å²) >= 11 is 0. The van der Waals surface area contributed by atoms with Gasteiger partial charge in [-0.05, 0) is 40.0 Å². The van der Waals surface area contributed by atoms with Crippen LogP contribution in [0.25, 0.3) is 0 Å². The lowest BCUT2D eigenvalue weighted by Gasteiger charge is -2.12. The van der Waals surface area contributed by atoms with Crippen LogP contribution >= 0.6 is 0 Å². The molecule has 1 unspecified atom stereocenters. The molecule has 23 heavy (non-hydrogen) atoms. The largest absolute Gasteiger partial charge is 0.463 e. The summed E-state index contributed by atoms with van der Waals surface area (Å²) < 4.78 is 10.3. The van der Waals surface area contributed by atoms with Crippen molar-refractivity contribution in [1.82, 2.24) is 0 Å². The van der Waals surface area contributed by atoms with Gasteiger partial charge in [0.15, 0.2) is 0 Å². The SMILES string of the molecule is CC(CCCCCCCCC(=O)OC(C)C)CC(=O)OC(C)C. The lowest BCUT2D eigenvalue weighted by molar-refractivity contribution is -0.149. The monoisotopic (exact) mass is 328 g/mol. The van der Waals surface area contributed by atoms with Crippen molar-refractivity contribution in [1.29, 1.82) is 0 Å². The van der Waals surface area contributed by atoms with Gasteiger partial charge in [-0.3, -0.25) is 9.59 Å². The van der Waals surface area contributed by atoms with E-state index in [0.717, 1.165) is 25.7 Å². The van der Waals surface area contributed by atoms with Gasteiger partial charge in [0.1, 0.15) is 0 Å². The van der Waals surface area contributed by atoms with E-state index in [2.05, 4.69) is 6.92 Å². The van der Waals surface area contributed by atoms with E-state index >= 15 is 0 Å². The molecule has 4 nitrogen and oxygen atoms in total. The Balaban J connectivity index is 3.42. The van der Waals surface area contributed by atoms with Crippen LogP contribution in [0.2, 0.25) is 0 Å². The number of unbranched alkanes of at least 4 members (excludes halogenated alkanes) is 5. The van der Waals surface area contributed by atoms with Gasteiger partial charge in [0.2, 0.25) is 0 Å². The van der Waals surface area contributed by atoms with Gasteiger partial charge in [0.05, 0.1) is 12.2 Å². The summed E-state index contributed by atoms with van der Waals surface area (Å²) in [5.74, 6) is 0.231. The zero-order chi connectivity index (χ0) is 17.7. The lowest BCUT2D eigenvalue weighted by atomic mass is 9.99. The van der Waals surface area contributed by atoms with Crippen molar-refractivity contribution >= 4 is 11.9 Å². The third-order valence-corrected chi connectivity index (χ3v) is 3.58. The Morgan fingerprint density at radius 2 is 1.17 bits per heavy atom. The van der Waals surface area contributed by atoms with E-state index < -0.39 is 0 Å². The standard InChI is InChI=1S/C19H36O4/c1-15(2)22-18(20)13-11-9-7-6-8-10-12-17(5)14-19(21)23-16(3)4/h15-17H,6-14H2,1-5H3. The molecule has 0 bridgehead atoms. The minimum atomic E-state index is -0.0826. The number of ether oxygens (including phenoxy) is 2. The van der Waals surface area contributed by atoms with Crippen molar-refractivity contribution in [2.45, 2.75) is 105 Å². The van der Waals surface area contributed by atoms with E-state index in [0.29, 0.717) is 18.8 Å². The Hall–Kier alpha value is -1.06. The molecule has 0 N–H and O–H groups in total. The summed E-state index contributed by atoms with van der Waals surface area (Å²) in [6, 6.07) is 0. The average molecular weight is 328 g/mol.